The Morgan fingerprint density at radius 1 is 1.06 bits per heavy atom. The lowest BCUT2D eigenvalue weighted by molar-refractivity contribution is 0.0691. The molecule has 0 aliphatic carbocycles. The van der Waals surface area contributed by atoms with E-state index in [4.69, 9.17) is 4.74 Å². The second kappa shape index (κ2) is 9.40. The van der Waals surface area contributed by atoms with Gasteiger partial charge in [-0.3, -0.25) is 4.79 Å². The van der Waals surface area contributed by atoms with Crippen molar-refractivity contribution in [1.29, 1.82) is 0 Å². The van der Waals surface area contributed by atoms with Gasteiger partial charge in [0, 0.05) is 30.4 Å². The van der Waals surface area contributed by atoms with Crippen LogP contribution >= 0.6 is 0 Å². The first-order valence-electron chi connectivity index (χ1n) is 10.8. The first kappa shape index (κ1) is 23.1. The van der Waals surface area contributed by atoms with E-state index >= 15 is 0 Å². The summed E-state index contributed by atoms with van der Waals surface area (Å²) in [4.78, 5) is 26.8. The molecule has 11 heteroatoms. The number of hydrogen-bond donors (Lipinski definition) is 4. The van der Waals surface area contributed by atoms with E-state index < -0.39 is 17.6 Å². The molecular formula is C23H25N5O6. The first-order valence-corrected chi connectivity index (χ1v) is 10.8. The van der Waals surface area contributed by atoms with E-state index in [0.29, 0.717) is 24.3 Å². The minimum atomic E-state index is -1.40. The van der Waals surface area contributed by atoms with E-state index in [2.05, 4.69) is 20.5 Å². The molecule has 178 valence electrons. The lowest BCUT2D eigenvalue weighted by Crippen LogP contribution is -2.36. The molecule has 0 unspecified atom stereocenters. The lowest BCUT2D eigenvalue weighted by atomic mass is 10.0. The highest BCUT2D eigenvalue weighted by Gasteiger charge is 2.25. The first-order chi connectivity index (χ1) is 16.3. The highest BCUT2D eigenvalue weighted by Crippen LogP contribution is 2.35. The number of rotatable bonds is 6. The number of anilines is 2. The van der Waals surface area contributed by atoms with Crippen LogP contribution in [-0.2, 0) is 4.74 Å². The Balaban J connectivity index is 1.66. The van der Waals surface area contributed by atoms with Crippen LogP contribution in [-0.4, -0.2) is 68.5 Å². The van der Waals surface area contributed by atoms with Crippen LogP contribution in [0.15, 0.2) is 36.4 Å². The van der Waals surface area contributed by atoms with Gasteiger partial charge in [0.15, 0.2) is 5.82 Å². The minimum Gasteiger partial charge on any atom is -0.508 e. The number of nitrogens with one attached hydrogen (secondary N) is 1. The van der Waals surface area contributed by atoms with Crippen molar-refractivity contribution in [3.63, 3.8) is 0 Å². The standard InChI is InChI=1S/C23H25N5O6/c1-13(2)16-11-17(19(30)12-18(16)29)28-21(20(23(32)33)25-26-28)24-22(31)14-3-5-15(6-4-14)27-7-9-34-10-8-27/h3-6,11-13,29-30H,7-10H2,1-2H3,(H,24,31)(H,32,33). The van der Waals surface area contributed by atoms with Crippen molar-refractivity contribution in [1.82, 2.24) is 15.0 Å². The summed E-state index contributed by atoms with van der Waals surface area (Å²) in [5.41, 5.74) is 1.35. The van der Waals surface area contributed by atoms with Gasteiger partial charge in [0.1, 0.15) is 17.2 Å². The van der Waals surface area contributed by atoms with Crippen molar-refractivity contribution in [2.75, 3.05) is 36.5 Å². The van der Waals surface area contributed by atoms with Crippen LogP contribution in [0.3, 0.4) is 0 Å². The molecular weight excluding hydrogens is 442 g/mol. The molecule has 2 aromatic carbocycles. The zero-order valence-corrected chi connectivity index (χ0v) is 18.7. The van der Waals surface area contributed by atoms with Crippen molar-refractivity contribution < 1.29 is 29.6 Å². The summed E-state index contributed by atoms with van der Waals surface area (Å²) in [6, 6.07) is 9.53. The largest absolute Gasteiger partial charge is 0.508 e. The predicted molar refractivity (Wildman–Crippen MR) is 123 cm³/mol. The summed E-state index contributed by atoms with van der Waals surface area (Å²) in [6.45, 7) is 6.49. The van der Waals surface area contributed by atoms with Gasteiger partial charge >= 0.3 is 5.97 Å². The normalized spacial score (nSPS) is 13.8. The number of amides is 1. The van der Waals surface area contributed by atoms with Gasteiger partial charge in [-0.05, 0) is 41.8 Å². The van der Waals surface area contributed by atoms with Crippen molar-refractivity contribution in [3.05, 3.63) is 53.2 Å². The SMILES string of the molecule is CC(C)c1cc(-n2nnc(C(=O)O)c2NC(=O)c2ccc(N3CCOCC3)cc2)c(O)cc1O. The number of aromatic hydroxyl groups is 2. The second-order valence-electron chi connectivity index (χ2n) is 8.16. The summed E-state index contributed by atoms with van der Waals surface area (Å²) in [5.74, 6) is -2.74. The van der Waals surface area contributed by atoms with Gasteiger partial charge in [-0.2, -0.15) is 4.68 Å². The summed E-state index contributed by atoms with van der Waals surface area (Å²) < 4.78 is 6.39. The Morgan fingerprint density at radius 3 is 2.35 bits per heavy atom. The zero-order chi connectivity index (χ0) is 24.4. The Hall–Kier alpha value is -4.12. The molecule has 2 heterocycles. The average Bonchev–Trinajstić information content (AvgIpc) is 3.23. The number of morpholine rings is 1. The van der Waals surface area contributed by atoms with Gasteiger partial charge in [0.05, 0.1) is 13.2 Å². The number of benzene rings is 2. The molecule has 34 heavy (non-hydrogen) atoms. The molecule has 0 bridgehead atoms. The fourth-order valence-corrected chi connectivity index (χ4v) is 3.75. The number of aromatic nitrogens is 3. The van der Waals surface area contributed by atoms with Gasteiger partial charge in [-0.1, -0.05) is 19.1 Å². The van der Waals surface area contributed by atoms with Crippen LogP contribution in [0.2, 0.25) is 0 Å². The monoisotopic (exact) mass is 467 g/mol. The van der Waals surface area contributed by atoms with E-state index in [9.17, 15) is 24.9 Å². The highest BCUT2D eigenvalue weighted by molar-refractivity contribution is 6.06. The van der Waals surface area contributed by atoms with Crippen molar-refractivity contribution in [2.24, 2.45) is 0 Å². The third kappa shape index (κ3) is 4.50. The van der Waals surface area contributed by atoms with Crippen molar-refractivity contribution in [2.45, 2.75) is 19.8 Å². The van der Waals surface area contributed by atoms with Crippen molar-refractivity contribution in [3.8, 4) is 17.2 Å². The molecule has 1 aliphatic rings. The van der Waals surface area contributed by atoms with Crippen LogP contribution < -0.4 is 10.2 Å². The number of nitrogens with zero attached hydrogens (tertiary/aromatic N) is 4. The number of phenols is 2. The number of carboxylic acid groups (broad SMARTS) is 1. The van der Waals surface area contributed by atoms with Crippen molar-refractivity contribution >= 4 is 23.4 Å². The molecule has 1 saturated heterocycles. The van der Waals surface area contributed by atoms with Gasteiger partial charge in [0.2, 0.25) is 5.69 Å². The number of phenolic OH excluding ortho intramolecular Hbond substituents is 2. The molecule has 0 spiro atoms. The van der Waals surface area contributed by atoms with E-state index in [1.807, 2.05) is 26.0 Å². The summed E-state index contributed by atoms with van der Waals surface area (Å²) in [6.07, 6.45) is 0. The second-order valence-corrected chi connectivity index (χ2v) is 8.16. The number of carboxylic acids is 1. The third-order valence-corrected chi connectivity index (χ3v) is 5.58. The third-order valence-electron chi connectivity index (χ3n) is 5.58. The number of carbonyl (C=O) groups excluding carboxylic acids is 1. The fourth-order valence-electron chi connectivity index (χ4n) is 3.75. The molecule has 1 amide bonds. The van der Waals surface area contributed by atoms with Crippen LogP contribution in [0.1, 0.15) is 46.2 Å². The molecule has 1 aromatic heterocycles. The molecule has 1 aliphatic heterocycles. The molecule has 4 N–H and O–H groups in total. The van der Waals surface area contributed by atoms with Crippen LogP contribution in [0.4, 0.5) is 11.5 Å². The highest BCUT2D eigenvalue weighted by atomic mass is 16.5. The Bertz CT molecular complexity index is 1220. The lowest BCUT2D eigenvalue weighted by Gasteiger charge is -2.28. The topological polar surface area (TPSA) is 150 Å². The van der Waals surface area contributed by atoms with E-state index in [0.717, 1.165) is 29.5 Å². The van der Waals surface area contributed by atoms with E-state index in [1.54, 1.807) is 12.1 Å². The van der Waals surface area contributed by atoms with E-state index in [1.165, 1.54) is 6.07 Å². The predicted octanol–water partition coefficient (Wildman–Crippen LogP) is 2.59. The Labute approximate surface area is 195 Å². The van der Waals surface area contributed by atoms with Crippen LogP contribution in [0, 0.1) is 0 Å². The van der Waals surface area contributed by atoms with Gasteiger partial charge in [-0.15, -0.1) is 5.10 Å². The minimum absolute atomic E-state index is 0.0689. The molecule has 4 rings (SSSR count). The molecule has 0 atom stereocenters. The zero-order valence-electron chi connectivity index (χ0n) is 18.7. The molecule has 1 fully saturated rings. The van der Waals surface area contributed by atoms with Crippen LogP contribution in [0.25, 0.3) is 5.69 Å². The summed E-state index contributed by atoms with van der Waals surface area (Å²) >= 11 is 0. The quantitative estimate of drug-likeness (QED) is 0.429. The maximum atomic E-state index is 13.0. The molecule has 0 saturated carbocycles. The number of ether oxygens (including phenoxy) is 1. The maximum Gasteiger partial charge on any atom is 0.360 e. The summed E-state index contributed by atoms with van der Waals surface area (Å²) in [5, 5.41) is 40.1. The average molecular weight is 467 g/mol. The van der Waals surface area contributed by atoms with E-state index in [-0.39, 0.29) is 28.9 Å². The smallest absolute Gasteiger partial charge is 0.360 e. The van der Waals surface area contributed by atoms with Gasteiger partial charge in [0.25, 0.3) is 5.91 Å². The Kier molecular flexibility index (Phi) is 6.37. The molecule has 3 aromatic rings. The number of carbonyl (C=O) groups is 2. The van der Waals surface area contributed by atoms with Crippen LogP contribution in [0.5, 0.6) is 11.5 Å². The molecule has 11 nitrogen and oxygen atoms in total. The number of hydrogen-bond acceptors (Lipinski definition) is 8. The fraction of sp³-hybridized carbons (Fsp3) is 0.304. The number of aromatic carboxylic acids is 1. The molecule has 0 radical (unpaired) electrons. The Morgan fingerprint density at radius 2 is 1.74 bits per heavy atom. The maximum absolute atomic E-state index is 13.0. The van der Waals surface area contributed by atoms with Gasteiger partial charge < -0.3 is 30.3 Å². The summed E-state index contributed by atoms with van der Waals surface area (Å²) in [7, 11) is 0. The van der Waals surface area contributed by atoms with Gasteiger partial charge in [-0.25, -0.2) is 4.79 Å².